The Balaban J connectivity index is 2.57. The van der Waals surface area contributed by atoms with E-state index in [4.69, 9.17) is 0 Å². The number of imidazole rings is 1. The predicted octanol–water partition coefficient (Wildman–Crippen LogP) is 1.12. The Labute approximate surface area is 87.2 Å². The number of fused-ring (bicyclic) bond motifs is 1. The van der Waals surface area contributed by atoms with Crippen molar-refractivity contribution in [2.24, 2.45) is 12.0 Å². The molecule has 0 aliphatic rings. The SMILES string of the molecule is CCC=CN=c1ncc2[nH]cnc2n1C. The highest BCUT2D eigenvalue weighted by Gasteiger charge is 1.99. The van der Waals surface area contributed by atoms with Crippen LogP contribution in [0.15, 0.2) is 29.8 Å². The van der Waals surface area contributed by atoms with Crippen molar-refractivity contribution in [3.63, 3.8) is 0 Å². The summed E-state index contributed by atoms with van der Waals surface area (Å²) < 4.78 is 1.85. The average molecular weight is 203 g/mol. The lowest BCUT2D eigenvalue weighted by atomic mass is 10.5. The van der Waals surface area contributed by atoms with Crippen LogP contribution < -0.4 is 5.62 Å². The second-order valence-electron chi connectivity index (χ2n) is 3.18. The van der Waals surface area contributed by atoms with Gasteiger partial charge in [-0.05, 0) is 6.42 Å². The molecule has 0 unspecified atom stereocenters. The molecule has 0 aliphatic heterocycles. The van der Waals surface area contributed by atoms with Crippen LogP contribution in [-0.4, -0.2) is 19.5 Å². The molecule has 2 aromatic heterocycles. The van der Waals surface area contributed by atoms with Gasteiger partial charge in [-0.15, -0.1) is 0 Å². The number of H-pyrrole nitrogens is 1. The third kappa shape index (κ3) is 1.81. The van der Waals surface area contributed by atoms with Crippen LogP contribution in [0.2, 0.25) is 0 Å². The summed E-state index contributed by atoms with van der Waals surface area (Å²) in [5, 5.41) is 0. The fraction of sp³-hybridized carbons (Fsp3) is 0.300. The predicted molar refractivity (Wildman–Crippen MR) is 57.9 cm³/mol. The Morgan fingerprint density at radius 2 is 2.40 bits per heavy atom. The number of aromatic nitrogens is 4. The van der Waals surface area contributed by atoms with Crippen molar-refractivity contribution in [3.05, 3.63) is 30.4 Å². The van der Waals surface area contributed by atoms with Crippen LogP contribution in [-0.2, 0) is 7.05 Å². The van der Waals surface area contributed by atoms with Gasteiger partial charge in [0, 0.05) is 13.2 Å². The number of hydrogen-bond acceptors (Lipinski definition) is 3. The summed E-state index contributed by atoms with van der Waals surface area (Å²) in [7, 11) is 1.90. The van der Waals surface area contributed by atoms with E-state index in [1.165, 1.54) is 0 Å². The molecule has 78 valence electrons. The minimum Gasteiger partial charge on any atom is -0.342 e. The van der Waals surface area contributed by atoms with Crippen molar-refractivity contribution in [3.8, 4) is 0 Å². The lowest BCUT2D eigenvalue weighted by Crippen LogP contribution is -2.21. The maximum atomic E-state index is 4.24. The first kappa shape index (κ1) is 9.64. The van der Waals surface area contributed by atoms with Crippen LogP contribution in [0, 0.1) is 0 Å². The van der Waals surface area contributed by atoms with Gasteiger partial charge in [0.05, 0.1) is 12.5 Å². The van der Waals surface area contributed by atoms with E-state index in [0.717, 1.165) is 17.6 Å². The summed E-state index contributed by atoms with van der Waals surface area (Å²) in [5.41, 5.74) is 2.42. The molecule has 15 heavy (non-hydrogen) atoms. The highest BCUT2D eigenvalue weighted by molar-refractivity contribution is 5.68. The lowest BCUT2D eigenvalue weighted by molar-refractivity contribution is 0.809. The number of aryl methyl sites for hydroxylation is 1. The third-order valence-electron chi connectivity index (χ3n) is 2.11. The topological polar surface area (TPSA) is 58.9 Å². The number of allylic oxidation sites excluding steroid dienone is 1. The standard InChI is InChI=1S/C10H13N5/c1-3-4-5-11-10-12-6-8-9(15(10)2)14-7-13-8/h4-7H,3H2,1-2H3,(H,13,14). The quantitative estimate of drug-likeness (QED) is 0.795. The minimum absolute atomic E-state index is 0.652. The molecule has 0 atom stereocenters. The fourth-order valence-corrected chi connectivity index (χ4v) is 1.31. The first-order chi connectivity index (χ1) is 7.33. The number of nitrogens with zero attached hydrogens (tertiary/aromatic N) is 4. The molecule has 5 heteroatoms. The molecule has 0 fully saturated rings. The molecule has 1 N–H and O–H groups in total. The molecule has 0 radical (unpaired) electrons. The van der Waals surface area contributed by atoms with Gasteiger partial charge in [-0.3, -0.25) is 4.57 Å². The van der Waals surface area contributed by atoms with Crippen molar-refractivity contribution in [1.29, 1.82) is 0 Å². The minimum atomic E-state index is 0.652. The van der Waals surface area contributed by atoms with E-state index in [1.807, 2.05) is 17.7 Å². The summed E-state index contributed by atoms with van der Waals surface area (Å²) in [4.78, 5) is 15.7. The Kier molecular flexibility index (Phi) is 2.62. The summed E-state index contributed by atoms with van der Waals surface area (Å²) >= 11 is 0. The summed E-state index contributed by atoms with van der Waals surface area (Å²) in [6.07, 6.45) is 8.11. The molecule has 2 rings (SSSR count). The number of aromatic amines is 1. The molecule has 0 spiro atoms. The number of nitrogens with one attached hydrogen (secondary N) is 1. The lowest BCUT2D eigenvalue weighted by Gasteiger charge is -1.98. The van der Waals surface area contributed by atoms with Crippen LogP contribution in [0.1, 0.15) is 13.3 Å². The zero-order valence-electron chi connectivity index (χ0n) is 8.81. The van der Waals surface area contributed by atoms with E-state index in [9.17, 15) is 0 Å². The first-order valence-corrected chi connectivity index (χ1v) is 4.87. The Bertz CT molecular complexity index is 546. The molecule has 0 aliphatic carbocycles. The van der Waals surface area contributed by atoms with Crippen LogP contribution in [0.25, 0.3) is 11.2 Å². The average Bonchev–Trinajstić information content (AvgIpc) is 2.70. The zero-order valence-corrected chi connectivity index (χ0v) is 8.81. The van der Waals surface area contributed by atoms with Crippen molar-refractivity contribution < 1.29 is 0 Å². The molecule has 2 aromatic rings. The molecule has 2 heterocycles. The normalized spacial score (nSPS) is 13.1. The van der Waals surface area contributed by atoms with E-state index in [0.29, 0.717) is 5.62 Å². The van der Waals surface area contributed by atoms with E-state index in [1.54, 1.807) is 18.7 Å². The van der Waals surface area contributed by atoms with Gasteiger partial charge in [0.2, 0.25) is 5.62 Å². The van der Waals surface area contributed by atoms with Gasteiger partial charge in [-0.1, -0.05) is 13.0 Å². The molecule has 0 saturated carbocycles. The van der Waals surface area contributed by atoms with Crippen LogP contribution in [0.5, 0.6) is 0 Å². The Morgan fingerprint density at radius 3 is 3.20 bits per heavy atom. The molecule has 0 saturated heterocycles. The highest BCUT2D eigenvalue weighted by Crippen LogP contribution is 2.01. The van der Waals surface area contributed by atoms with Crippen molar-refractivity contribution >= 4 is 11.2 Å². The van der Waals surface area contributed by atoms with E-state index < -0.39 is 0 Å². The van der Waals surface area contributed by atoms with Gasteiger partial charge in [-0.2, -0.15) is 0 Å². The number of hydrogen-bond donors (Lipinski definition) is 1. The van der Waals surface area contributed by atoms with E-state index in [2.05, 4.69) is 26.9 Å². The third-order valence-corrected chi connectivity index (χ3v) is 2.11. The van der Waals surface area contributed by atoms with Gasteiger partial charge in [-0.25, -0.2) is 15.0 Å². The second kappa shape index (κ2) is 4.08. The van der Waals surface area contributed by atoms with Gasteiger partial charge in [0.25, 0.3) is 0 Å². The number of rotatable bonds is 2. The maximum Gasteiger partial charge on any atom is 0.230 e. The van der Waals surface area contributed by atoms with Gasteiger partial charge >= 0.3 is 0 Å². The van der Waals surface area contributed by atoms with E-state index in [-0.39, 0.29) is 0 Å². The zero-order chi connectivity index (χ0) is 10.7. The molecular formula is C10H13N5. The fourth-order valence-electron chi connectivity index (χ4n) is 1.31. The summed E-state index contributed by atoms with van der Waals surface area (Å²) in [6.45, 7) is 2.07. The molecule has 0 bridgehead atoms. The maximum absolute atomic E-state index is 4.24. The molecule has 0 aromatic carbocycles. The monoisotopic (exact) mass is 203 g/mol. The Morgan fingerprint density at radius 1 is 1.53 bits per heavy atom. The molecular weight excluding hydrogens is 190 g/mol. The van der Waals surface area contributed by atoms with Crippen LogP contribution in [0.3, 0.4) is 0 Å². The summed E-state index contributed by atoms with van der Waals surface area (Å²) in [6, 6.07) is 0. The van der Waals surface area contributed by atoms with Crippen molar-refractivity contribution in [2.75, 3.05) is 0 Å². The molecule has 5 nitrogen and oxygen atoms in total. The van der Waals surface area contributed by atoms with Gasteiger partial charge in [0.1, 0.15) is 5.52 Å². The molecule has 0 amide bonds. The Hall–Kier alpha value is -1.91. The largest absolute Gasteiger partial charge is 0.342 e. The van der Waals surface area contributed by atoms with Crippen LogP contribution >= 0.6 is 0 Å². The van der Waals surface area contributed by atoms with Crippen LogP contribution in [0.4, 0.5) is 0 Å². The van der Waals surface area contributed by atoms with Gasteiger partial charge < -0.3 is 4.98 Å². The summed E-state index contributed by atoms with van der Waals surface area (Å²) in [5.74, 6) is 0. The van der Waals surface area contributed by atoms with Crippen molar-refractivity contribution in [2.45, 2.75) is 13.3 Å². The van der Waals surface area contributed by atoms with E-state index >= 15 is 0 Å². The van der Waals surface area contributed by atoms with Crippen molar-refractivity contribution in [1.82, 2.24) is 19.5 Å². The smallest absolute Gasteiger partial charge is 0.230 e. The highest BCUT2D eigenvalue weighted by atomic mass is 15.1. The van der Waals surface area contributed by atoms with Gasteiger partial charge in [0.15, 0.2) is 5.65 Å². The second-order valence-corrected chi connectivity index (χ2v) is 3.18. The first-order valence-electron chi connectivity index (χ1n) is 4.87.